The molecule has 1 unspecified atom stereocenters. The molecule has 0 bridgehead atoms. The van der Waals surface area contributed by atoms with E-state index >= 15 is 0 Å². The fourth-order valence-corrected chi connectivity index (χ4v) is 8.16. The standard InChI is InChI=1S/C33H47BrN6O5S2/c1-23-30(24-10-8-11-25(34)20-24)45-33(37-23)39-17-18-40(29(22-39)31(41)35-21-27-14-9-19-46-27)32(42)28(38-26-12-4-3-5-13-26)15-6-7-16-36-47(2,43)44/h8-11,14,19-20,23,26,28-30,36,38H,3-7,12-13,15-18,21-22H2,1-2H3,(H,35,41)/t23?,28-,29+,30-/m1/s1. The zero-order valence-corrected chi connectivity index (χ0v) is 30.4. The van der Waals surface area contributed by atoms with Gasteiger partial charge >= 0.3 is 0 Å². The third-order valence-corrected chi connectivity index (χ3v) is 11.1. The molecule has 14 heteroatoms. The molecule has 1 aromatic heterocycles. The number of hydrogen-bond donors (Lipinski definition) is 3. The van der Waals surface area contributed by atoms with Crippen LogP contribution in [0.3, 0.4) is 0 Å². The van der Waals surface area contributed by atoms with Gasteiger partial charge in [-0.1, -0.05) is 59.8 Å². The van der Waals surface area contributed by atoms with E-state index in [4.69, 9.17) is 9.73 Å². The molecule has 1 saturated heterocycles. The van der Waals surface area contributed by atoms with Crippen molar-refractivity contribution >= 4 is 55.1 Å². The van der Waals surface area contributed by atoms with Crippen molar-refractivity contribution in [1.29, 1.82) is 0 Å². The first-order valence-corrected chi connectivity index (χ1v) is 20.2. The summed E-state index contributed by atoms with van der Waals surface area (Å²) in [4.78, 5) is 37.9. The van der Waals surface area contributed by atoms with Crippen molar-refractivity contribution in [2.75, 3.05) is 32.4 Å². The Kier molecular flexibility index (Phi) is 12.7. The maximum absolute atomic E-state index is 14.4. The van der Waals surface area contributed by atoms with E-state index in [1.54, 1.807) is 16.2 Å². The molecule has 47 heavy (non-hydrogen) atoms. The fourth-order valence-electron chi connectivity index (χ4n) is 6.58. The maximum atomic E-state index is 14.4. The molecule has 1 aliphatic carbocycles. The second-order valence-electron chi connectivity index (χ2n) is 12.8. The number of benzene rings is 1. The largest absolute Gasteiger partial charge is 0.455 e. The number of carbonyl (C=O) groups excluding carboxylic acids is 2. The van der Waals surface area contributed by atoms with Crippen LogP contribution in [0.4, 0.5) is 0 Å². The van der Waals surface area contributed by atoms with E-state index < -0.39 is 22.1 Å². The number of piperazine rings is 1. The van der Waals surface area contributed by atoms with Gasteiger partial charge in [0.2, 0.25) is 21.8 Å². The normalized spacial score (nSPS) is 22.9. The number of amidine groups is 1. The molecule has 3 N–H and O–H groups in total. The van der Waals surface area contributed by atoms with Crippen LogP contribution >= 0.6 is 27.3 Å². The lowest BCUT2D eigenvalue weighted by Crippen LogP contribution is -2.64. The van der Waals surface area contributed by atoms with Crippen molar-refractivity contribution in [2.24, 2.45) is 4.99 Å². The Labute approximate surface area is 291 Å². The van der Waals surface area contributed by atoms with Gasteiger partial charge in [-0.25, -0.2) is 18.1 Å². The summed E-state index contributed by atoms with van der Waals surface area (Å²) in [6.45, 7) is 3.87. The first-order valence-electron chi connectivity index (χ1n) is 16.6. The highest BCUT2D eigenvalue weighted by Crippen LogP contribution is 2.32. The van der Waals surface area contributed by atoms with E-state index in [9.17, 15) is 18.0 Å². The van der Waals surface area contributed by atoms with Crippen LogP contribution in [0.5, 0.6) is 0 Å². The Hall–Kier alpha value is -2.52. The van der Waals surface area contributed by atoms with Crippen LogP contribution < -0.4 is 15.4 Å². The number of unbranched alkanes of at least 4 members (excludes halogenated alkanes) is 1. The molecule has 0 radical (unpaired) electrons. The topological polar surface area (TPSA) is 132 Å². The van der Waals surface area contributed by atoms with E-state index in [-0.39, 0.29) is 36.5 Å². The first-order chi connectivity index (χ1) is 22.6. The van der Waals surface area contributed by atoms with Gasteiger partial charge in [0, 0.05) is 35.0 Å². The molecular weight excluding hydrogens is 704 g/mol. The van der Waals surface area contributed by atoms with Gasteiger partial charge in [-0.3, -0.25) is 9.59 Å². The van der Waals surface area contributed by atoms with Crippen LogP contribution in [-0.4, -0.2) is 92.7 Å². The molecule has 0 spiro atoms. The number of carbonyl (C=O) groups is 2. The Morgan fingerprint density at radius 1 is 1.13 bits per heavy atom. The summed E-state index contributed by atoms with van der Waals surface area (Å²) in [7, 11) is -3.27. The summed E-state index contributed by atoms with van der Waals surface area (Å²) in [5, 5.41) is 8.70. The smallest absolute Gasteiger partial charge is 0.288 e. The lowest BCUT2D eigenvalue weighted by atomic mass is 9.94. The molecule has 2 aliphatic heterocycles. The second-order valence-corrected chi connectivity index (χ2v) is 16.5. The van der Waals surface area contributed by atoms with E-state index in [0.29, 0.717) is 51.5 Å². The van der Waals surface area contributed by atoms with Crippen molar-refractivity contribution in [3.05, 3.63) is 56.7 Å². The second kappa shape index (κ2) is 16.7. The summed E-state index contributed by atoms with van der Waals surface area (Å²) in [6, 6.07) is 11.4. The van der Waals surface area contributed by atoms with Gasteiger partial charge in [0.05, 0.1) is 31.4 Å². The summed E-state index contributed by atoms with van der Waals surface area (Å²) >= 11 is 5.13. The summed E-state index contributed by atoms with van der Waals surface area (Å²) in [5.41, 5.74) is 1.02. The highest BCUT2D eigenvalue weighted by molar-refractivity contribution is 9.10. The van der Waals surface area contributed by atoms with Gasteiger partial charge in [0.25, 0.3) is 6.02 Å². The monoisotopic (exact) mass is 750 g/mol. The van der Waals surface area contributed by atoms with E-state index in [1.807, 2.05) is 53.6 Å². The molecule has 2 fully saturated rings. The Morgan fingerprint density at radius 3 is 2.66 bits per heavy atom. The average Bonchev–Trinajstić information content (AvgIpc) is 3.72. The number of halogens is 1. The molecular formula is C33H47BrN6O5S2. The van der Waals surface area contributed by atoms with Crippen molar-refractivity contribution in [3.8, 4) is 0 Å². The van der Waals surface area contributed by atoms with Crippen LogP contribution in [0, 0.1) is 0 Å². The van der Waals surface area contributed by atoms with E-state index in [1.165, 1.54) is 6.42 Å². The third-order valence-electron chi connectivity index (χ3n) is 9.04. The quantitative estimate of drug-likeness (QED) is 0.262. The minimum Gasteiger partial charge on any atom is -0.455 e. The lowest BCUT2D eigenvalue weighted by Gasteiger charge is -2.42. The zero-order valence-electron chi connectivity index (χ0n) is 27.2. The van der Waals surface area contributed by atoms with Gasteiger partial charge in [0.15, 0.2) is 0 Å². The number of amides is 2. The Balaban J connectivity index is 1.31. The molecule has 2 aromatic rings. The molecule has 258 valence electrons. The summed E-state index contributed by atoms with van der Waals surface area (Å²) in [5.74, 6) is -0.294. The van der Waals surface area contributed by atoms with Crippen molar-refractivity contribution in [3.63, 3.8) is 0 Å². The van der Waals surface area contributed by atoms with Gasteiger partial charge in [-0.2, -0.15) is 0 Å². The molecule has 1 saturated carbocycles. The minimum atomic E-state index is -3.27. The van der Waals surface area contributed by atoms with Crippen LogP contribution in [0.25, 0.3) is 0 Å². The van der Waals surface area contributed by atoms with Crippen molar-refractivity contribution in [1.82, 2.24) is 25.2 Å². The molecule has 5 rings (SSSR count). The number of sulfonamides is 1. The van der Waals surface area contributed by atoms with Crippen molar-refractivity contribution in [2.45, 2.75) is 95.1 Å². The van der Waals surface area contributed by atoms with Gasteiger partial charge in [0.1, 0.15) is 12.1 Å². The number of rotatable bonds is 13. The Bertz CT molecular complexity index is 1480. The molecule has 3 heterocycles. The molecule has 4 atom stereocenters. The SMILES string of the molecule is CC1N=C(N2CCN(C(=O)[C@@H](CCCCNS(C)(=O)=O)NC3CCCCC3)[C@H](C(=O)NCc3cccs3)C2)O[C@H]1c1cccc(Br)c1. The number of aliphatic imine (C=N–C) groups is 1. The number of nitrogens with one attached hydrogen (secondary N) is 3. The zero-order chi connectivity index (χ0) is 33.4. The molecule has 3 aliphatic rings. The Morgan fingerprint density at radius 2 is 1.94 bits per heavy atom. The highest BCUT2D eigenvalue weighted by atomic mass is 79.9. The third kappa shape index (κ3) is 10.2. The number of nitrogens with zero attached hydrogens (tertiary/aromatic N) is 3. The van der Waals surface area contributed by atoms with E-state index in [0.717, 1.165) is 46.9 Å². The fraction of sp³-hybridized carbons (Fsp3) is 0.606. The lowest BCUT2D eigenvalue weighted by molar-refractivity contribution is -0.145. The molecule has 2 amide bonds. The van der Waals surface area contributed by atoms with Crippen LogP contribution in [0.15, 0.2) is 51.2 Å². The minimum absolute atomic E-state index is 0.0859. The van der Waals surface area contributed by atoms with Gasteiger partial charge in [-0.05, 0) is 61.7 Å². The van der Waals surface area contributed by atoms with Crippen LogP contribution in [0.2, 0.25) is 0 Å². The van der Waals surface area contributed by atoms with Crippen LogP contribution in [0.1, 0.15) is 74.8 Å². The van der Waals surface area contributed by atoms with Gasteiger partial charge in [-0.15, -0.1) is 11.3 Å². The predicted octanol–water partition coefficient (Wildman–Crippen LogP) is 4.17. The summed E-state index contributed by atoms with van der Waals surface area (Å²) < 4.78 is 33.0. The highest BCUT2D eigenvalue weighted by Gasteiger charge is 2.41. The van der Waals surface area contributed by atoms with Gasteiger partial charge < -0.3 is 25.2 Å². The average molecular weight is 752 g/mol. The number of ether oxygens (including phenoxy) is 1. The number of hydrogen-bond acceptors (Lipinski definition) is 9. The van der Waals surface area contributed by atoms with E-state index in [2.05, 4.69) is 31.3 Å². The number of thiophene rings is 1. The molecule has 1 aromatic carbocycles. The maximum Gasteiger partial charge on any atom is 0.288 e. The predicted molar refractivity (Wildman–Crippen MR) is 189 cm³/mol. The summed E-state index contributed by atoms with van der Waals surface area (Å²) in [6.07, 6.45) is 8.27. The van der Waals surface area contributed by atoms with Crippen LogP contribution in [-0.2, 0) is 30.9 Å². The first kappa shape index (κ1) is 35.8. The van der Waals surface area contributed by atoms with Crippen molar-refractivity contribution < 1.29 is 22.7 Å². The molecule has 11 nitrogen and oxygen atoms in total.